The first-order valence-corrected chi connectivity index (χ1v) is 6.73. The summed E-state index contributed by atoms with van der Waals surface area (Å²) < 4.78 is 0. The molecule has 0 spiro atoms. The normalized spacial score (nSPS) is 10.2. The molecule has 0 radical (unpaired) electrons. The monoisotopic (exact) mass is 282 g/mol. The standard InChI is InChI=1S/C14H10N4OS/c19-13(18-12-9-15-6-7-16-12)11-8-17-14(20-11)10-4-2-1-3-5-10/h1-9H,(H,16,18,19). The van der Waals surface area contributed by atoms with Crippen LogP contribution in [0.3, 0.4) is 0 Å². The second-order valence-electron chi connectivity index (χ2n) is 3.94. The molecule has 0 aliphatic rings. The number of carbonyl (C=O) groups excluding carboxylic acids is 1. The van der Waals surface area contributed by atoms with Crippen LogP contribution >= 0.6 is 11.3 Å². The van der Waals surface area contributed by atoms with Crippen LogP contribution in [0.15, 0.2) is 55.1 Å². The van der Waals surface area contributed by atoms with Crippen LogP contribution in [0.2, 0.25) is 0 Å². The van der Waals surface area contributed by atoms with Gasteiger partial charge in [0.05, 0.1) is 12.4 Å². The van der Waals surface area contributed by atoms with E-state index in [0.29, 0.717) is 10.7 Å². The van der Waals surface area contributed by atoms with E-state index < -0.39 is 0 Å². The Morgan fingerprint density at radius 3 is 2.65 bits per heavy atom. The van der Waals surface area contributed by atoms with Crippen LogP contribution in [0.1, 0.15) is 9.67 Å². The minimum Gasteiger partial charge on any atom is -0.305 e. The average Bonchev–Trinajstić information content (AvgIpc) is 2.99. The van der Waals surface area contributed by atoms with Crippen molar-refractivity contribution in [2.45, 2.75) is 0 Å². The van der Waals surface area contributed by atoms with Crippen molar-refractivity contribution in [1.82, 2.24) is 15.0 Å². The van der Waals surface area contributed by atoms with E-state index in [1.165, 1.54) is 23.7 Å². The minimum absolute atomic E-state index is 0.231. The zero-order chi connectivity index (χ0) is 13.8. The lowest BCUT2D eigenvalue weighted by Crippen LogP contribution is -2.11. The van der Waals surface area contributed by atoms with Gasteiger partial charge in [0.25, 0.3) is 5.91 Å². The van der Waals surface area contributed by atoms with Crippen molar-refractivity contribution < 1.29 is 4.79 Å². The van der Waals surface area contributed by atoms with Gasteiger partial charge in [-0.1, -0.05) is 30.3 Å². The predicted molar refractivity (Wildman–Crippen MR) is 77.5 cm³/mol. The van der Waals surface area contributed by atoms with Crippen LogP contribution in [0.5, 0.6) is 0 Å². The van der Waals surface area contributed by atoms with Crippen molar-refractivity contribution in [3.05, 3.63) is 60.0 Å². The number of benzene rings is 1. The summed E-state index contributed by atoms with van der Waals surface area (Å²) in [5.74, 6) is 0.192. The van der Waals surface area contributed by atoms with Crippen LogP contribution in [0.4, 0.5) is 5.82 Å². The zero-order valence-electron chi connectivity index (χ0n) is 10.4. The molecule has 2 heterocycles. The van der Waals surface area contributed by atoms with Crippen molar-refractivity contribution in [3.63, 3.8) is 0 Å². The molecule has 1 N–H and O–H groups in total. The molecule has 1 amide bonds. The van der Waals surface area contributed by atoms with Crippen LogP contribution in [0, 0.1) is 0 Å². The van der Waals surface area contributed by atoms with Crippen molar-refractivity contribution in [2.75, 3.05) is 5.32 Å². The highest BCUT2D eigenvalue weighted by Crippen LogP contribution is 2.25. The number of aromatic nitrogens is 3. The van der Waals surface area contributed by atoms with E-state index in [-0.39, 0.29) is 5.91 Å². The topological polar surface area (TPSA) is 67.8 Å². The Hall–Kier alpha value is -2.60. The number of anilines is 1. The van der Waals surface area contributed by atoms with Gasteiger partial charge in [0.1, 0.15) is 9.88 Å². The van der Waals surface area contributed by atoms with Crippen molar-refractivity contribution in [3.8, 4) is 10.6 Å². The Balaban J connectivity index is 1.79. The van der Waals surface area contributed by atoms with E-state index in [1.807, 2.05) is 30.3 Å². The van der Waals surface area contributed by atoms with Gasteiger partial charge in [-0.15, -0.1) is 11.3 Å². The lowest BCUT2D eigenvalue weighted by atomic mass is 10.2. The Morgan fingerprint density at radius 1 is 1.05 bits per heavy atom. The maximum Gasteiger partial charge on any atom is 0.268 e. The summed E-state index contributed by atoms with van der Waals surface area (Å²) in [5, 5.41) is 3.50. The van der Waals surface area contributed by atoms with Crippen LogP contribution in [-0.4, -0.2) is 20.9 Å². The summed E-state index contributed by atoms with van der Waals surface area (Å²) in [6.45, 7) is 0. The third kappa shape index (κ3) is 2.70. The summed E-state index contributed by atoms with van der Waals surface area (Å²) in [4.78, 5) is 24.8. The van der Waals surface area contributed by atoms with Gasteiger partial charge in [-0.05, 0) is 0 Å². The number of carbonyl (C=O) groups is 1. The van der Waals surface area contributed by atoms with Gasteiger partial charge in [0, 0.05) is 18.0 Å². The second-order valence-corrected chi connectivity index (χ2v) is 4.97. The molecule has 3 aromatic rings. The van der Waals surface area contributed by atoms with Gasteiger partial charge < -0.3 is 5.32 Å². The summed E-state index contributed by atoms with van der Waals surface area (Å²) in [6.07, 6.45) is 6.14. The lowest BCUT2D eigenvalue weighted by molar-refractivity contribution is 0.103. The fourth-order valence-corrected chi connectivity index (χ4v) is 2.45. The van der Waals surface area contributed by atoms with Crippen molar-refractivity contribution in [2.24, 2.45) is 0 Å². The number of hydrogen-bond donors (Lipinski definition) is 1. The summed E-state index contributed by atoms with van der Waals surface area (Å²) in [7, 11) is 0. The third-order valence-electron chi connectivity index (χ3n) is 2.55. The van der Waals surface area contributed by atoms with Gasteiger partial charge in [0.2, 0.25) is 0 Å². The molecular weight excluding hydrogens is 272 g/mol. The molecule has 3 rings (SSSR count). The Morgan fingerprint density at radius 2 is 1.90 bits per heavy atom. The second kappa shape index (κ2) is 5.58. The summed E-state index contributed by atoms with van der Waals surface area (Å²) >= 11 is 1.34. The Labute approximate surface area is 119 Å². The number of amides is 1. The largest absolute Gasteiger partial charge is 0.305 e. The highest BCUT2D eigenvalue weighted by Gasteiger charge is 2.12. The molecule has 98 valence electrons. The van der Waals surface area contributed by atoms with Crippen LogP contribution < -0.4 is 5.32 Å². The fourth-order valence-electron chi connectivity index (χ4n) is 1.63. The number of rotatable bonds is 3. The molecule has 0 saturated carbocycles. The Kier molecular flexibility index (Phi) is 3.47. The zero-order valence-corrected chi connectivity index (χ0v) is 11.2. The molecule has 0 bridgehead atoms. The SMILES string of the molecule is O=C(Nc1cnccn1)c1cnc(-c2ccccc2)s1. The number of nitrogens with zero attached hydrogens (tertiary/aromatic N) is 3. The van der Waals surface area contributed by atoms with E-state index in [0.717, 1.165) is 10.6 Å². The van der Waals surface area contributed by atoms with Gasteiger partial charge in [-0.25, -0.2) is 9.97 Å². The number of nitrogens with one attached hydrogen (secondary N) is 1. The van der Waals surface area contributed by atoms with Crippen molar-refractivity contribution in [1.29, 1.82) is 0 Å². The smallest absolute Gasteiger partial charge is 0.268 e. The average molecular weight is 282 g/mol. The first-order valence-electron chi connectivity index (χ1n) is 5.91. The molecule has 0 saturated heterocycles. The quantitative estimate of drug-likeness (QED) is 0.802. The minimum atomic E-state index is -0.231. The van der Waals surface area contributed by atoms with Crippen molar-refractivity contribution >= 4 is 23.1 Å². The first kappa shape index (κ1) is 12.4. The first-order chi connectivity index (χ1) is 9.83. The maximum atomic E-state index is 12.1. The van der Waals surface area contributed by atoms with E-state index in [4.69, 9.17) is 0 Å². The van der Waals surface area contributed by atoms with E-state index in [2.05, 4.69) is 20.3 Å². The third-order valence-corrected chi connectivity index (χ3v) is 3.60. The highest BCUT2D eigenvalue weighted by atomic mass is 32.1. The molecule has 0 unspecified atom stereocenters. The summed E-state index contributed by atoms with van der Waals surface area (Å²) in [6, 6.07) is 9.75. The predicted octanol–water partition coefficient (Wildman–Crippen LogP) is 2.85. The molecule has 0 fully saturated rings. The maximum absolute atomic E-state index is 12.1. The molecule has 5 nitrogen and oxygen atoms in total. The van der Waals surface area contributed by atoms with Crippen LogP contribution in [-0.2, 0) is 0 Å². The molecule has 0 atom stereocenters. The van der Waals surface area contributed by atoms with Gasteiger partial charge in [-0.3, -0.25) is 9.78 Å². The van der Waals surface area contributed by atoms with Gasteiger partial charge in [-0.2, -0.15) is 0 Å². The molecule has 20 heavy (non-hydrogen) atoms. The van der Waals surface area contributed by atoms with E-state index >= 15 is 0 Å². The highest BCUT2D eigenvalue weighted by molar-refractivity contribution is 7.17. The fraction of sp³-hybridized carbons (Fsp3) is 0. The molecule has 0 aliphatic heterocycles. The molecule has 1 aromatic carbocycles. The van der Waals surface area contributed by atoms with E-state index in [9.17, 15) is 4.79 Å². The van der Waals surface area contributed by atoms with Crippen LogP contribution in [0.25, 0.3) is 10.6 Å². The molecular formula is C14H10N4OS. The number of thiazole rings is 1. The van der Waals surface area contributed by atoms with E-state index in [1.54, 1.807) is 12.4 Å². The van der Waals surface area contributed by atoms with Gasteiger partial charge >= 0.3 is 0 Å². The molecule has 0 aliphatic carbocycles. The summed E-state index contributed by atoms with van der Waals surface area (Å²) in [5.41, 5.74) is 0.996. The molecule has 2 aromatic heterocycles. The molecule has 6 heteroatoms. The van der Waals surface area contributed by atoms with Gasteiger partial charge in [0.15, 0.2) is 5.82 Å². The lowest BCUT2D eigenvalue weighted by Gasteiger charge is -2.00. The number of hydrogen-bond acceptors (Lipinski definition) is 5. The Bertz CT molecular complexity index is 712.